The third-order valence-electron chi connectivity index (χ3n) is 4.89. The molecule has 5 nitrogen and oxygen atoms in total. The van der Waals surface area contributed by atoms with Gasteiger partial charge in [-0.05, 0) is 37.5 Å². The molecule has 0 bridgehead atoms. The summed E-state index contributed by atoms with van der Waals surface area (Å²) >= 11 is 0. The Hall–Kier alpha value is -1.26. The normalized spacial score (nSPS) is 27.9. The maximum absolute atomic E-state index is 12.0. The molecule has 2 saturated carbocycles. The van der Waals surface area contributed by atoms with Crippen LogP contribution in [0, 0.1) is 17.3 Å². The van der Waals surface area contributed by atoms with Gasteiger partial charge in [-0.3, -0.25) is 4.79 Å². The summed E-state index contributed by atoms with van der Waals surface area (Å²) in [5, 5.41) is 14.9. The number of rotatable bonds is 5. The number of carbonyl (C=O) groups is 2. The number of amides is 2. The van der Waals surface area contributed by atoms with Crippen LogP contribution in [0.4, 0.5) is 4.79 Å². The van der Waals surface area contributed by atoms with Gasteiger partial charge in [-0.1, -0.05) is 26.7 Å². The number of hydrogen-bond donors (Lipinski definition) is 3. The van der Waals surface area contributed by atoms with Gasteiger partial charge < -0.3 is 15.7 Å². The molecule has 2 unspecified atom stereocenters. The molecule has 0 aromatic rings. The molecule has 2 atom stereocenters. The molecule has 0 aromatic heterocycles. The average Bonchev–Trinajstić information content (AvgIpc) is 3.18. The van der Waals surface area contributed by atoms with Crippen LogP contribution < -0.4 is 10.6 Å². The summed E-state index contributed by atoms with van der Waals surface area (Å²) in [7, 11) is 0. The quantitative estimate of drug-likeness (QED) is 0.724. The number of carboxylic acids is 1. The second-order valence-electron chi connectivity index (χ2n) is 6.71. The molecule has 0 radical (unpaired) electrons. The van der Waals surface area contributed by atoms with Crippen LogP contribution in [0.1, 0.15) is 52.4 Å². The van der Waals surface area contributed by atoms with Gasteiger partial charge in [-0.15, -0.1) is 0 Å². The number of hydrogen-bond acceptors (Lipinski definition) is 2. The van der Waals surface area contributed by atoms with E-state index < -0.39 is 11.4 Å². The number of urea groups is 1. The maximum atomic E-state index is 12.0. The molecule has 2 fully saturated rings. The first-order valence-electron chi connectivity index (χ1n) is 7.72. The summed E-state index contributed by atoms with van der Waals surface area (Å²) in [6, 6.07) is 0.0128. The van der Waals surface area contributed by atoms with Crippen molar-refractivity contribution in [3.63, 3.8) is 0 Å². The van der Waals surface area contributed by atoms with Gasteiger partial charge in [-0.25, -0.2) is 4.79 Å². The van der Waals surface area contributed by atoms with Crippen molar-refractivity contribution in [2.45, 2.75) is 58.4 Å². The van der Waals surface area contributed by atoms with Crippen LogP contribution >= 0.6 is 0 Å². The molecule has 20 heavy (non-hydrogen) atoms. The highest BCUT2D eigenvalue weighted by Crippen LogP contribution is 2.45. The Kier molecular flexibility index (Phi) is 4.55. The van der Waals surface area contributed by atoms with Crippen molar-refractivity contribution in [3.8, 4) is 0 Å². The second-order valence-corrected chi connectivity index (χ2v) is 6.71. The van der Waals surface area contributed by atoms with E-state index in [-0.39, 0.29) is 18.6 Å². The van der Waals surface area contributed by atoms with E-state index in [1.54, 1.807) is 0 Å². The largest absolute Gasteiger partial charge is 0.481 e. The zero-order valence-electron chi connectivity index (χ0n) is 12.4. The zero-order chi connectivity index (χ0) is 14.8. The SMILES string of the molecule is CC(C)C1CCCCC1NC(=O)NCC1(C(=O)O)CC1. The highest BCUT2D eigenvalue weighted by atomic mass is 16.4. The van der Waals surface area contributed by atoms with Crippen molar-refractivity contribution in [2.24, 2.45) is 17.3 Å². The minimum absolute atomic E-state index is 0.213. The van der Waals surface area contributed by atoms with Crippen LogP contribution in [-0.4, -0.2) is 29.7 Å². The molecule has 2 amide bonds. The molecule has 114 valence electrons. The molecule has 0 aromatic carbocycles. The predicted octanol–water partition coefficient (Wildman–Crippen LogP) is 2.37. The highest BCUT2D eigenvalue weighted by Gasteiger charge is 2.50. The molecule has 3 N–H and O–H groups in total. The van der Waals surface area contributed by atoms with Gasteiger partial charge in [0, 0.05) is 12.6 Å². The summed E-state index contributed by atoms with van der Waals surface area (Å²) in [5.74, 6) is 0.300. The fourth-order valence-corrected chi connectivity index (χ4v) is 3.22. The van der Waals surface area contributed by atoms with Crippen LogP contribution in [0.2, 0.25) is 0 Å². The van der Waals surface area contributed by atoms with Crippen molar-refractivity contribution < 1.29 is 14.7 Å². The first-order chi connectivity index (χ1) is 9.44. The molecule has 0 aliphatic heterocycles. The molecule has 2 aliphatic rings. The van der Waals surface area contributed by atoms with Gasteiger partial charge in [0.15, 0.2) is 0 Å². The fourth-order valence-electron chi connectivity index (χ4n) is 3.22. The number of carboxylic acid groups (broad SMARTS) is 1. The van der Waals surface area contributed by atoms with Crippen molar-refractivity contribution in [1.82, 2.24) is 10.6 Å². The highest BCUT2D eigenvalue weighted by molar-refractivity contribution is 5.80. The number of aliphatic carboxylic acids is 1. The number of carbonyl (C=O) groups excluding carboxylic acids is 1. The second kappa shape index (κ2) is 6.02. The predicted molar refractivity (Wildman–Crippen MR) is 76.4 cm³/mol. The maximum Gasteiger partial charge on any atom is 0.315 e. The summed E-state index contributed by atoms with van der Waals surface area (Å²) in [5.41, 5.74) is -0.693. The smallest absolute Gasteiger partial charge is 0.315 e. The van der Waals surface area contributed by atoms with E-state index in [1.165, 1.54) is 12.8 Å². The Morgan fingerprint density at radius 3 is 2.45 bits per heavy atom. The van der Waals surface area contributed by atoms with Gasteiger partial charge in [0.25, 0.3) is 0 Å². The van der Waals surface area contributed by atoms with Crippen LogP contribution in [-0.2, 0) is 4.79 Å². The van der Waals surface area contributed by atoms with Crippen LogP contribution in [0.3, 0.4) is 0 Å². The Bertz CT molecular complexity index is 377. The van der Waals surface area contributed by atoms with E-state index in [1.807, 2.05) is 0 Å². The summed E-state index contributed by atoms with van der Waals surface area (Å²) < 4.78 is 0. The minimum Gasteiger partial charge on any atom is -0.481 e. The lowest BCUT2D eigenvalue weighted by molar-refractivity contribution is -0.143. The van der Waals surface area contributed by atoms with Crippen molar-refractivity contribution in [1.29, 1.82) is 0 Å². The van der Waals surface area contributed by atoms with E-state index in [9.17, 15) is 9.59 Å². The Balaban J connectivity index is 1.80. The van der Waals surface area contributed by atoms with Gasteiger partial charge >= 0.3 is 12.0 Å². The van der Waals surface area contributed by atoms with Crippen molar-refractivity contribution in [3.05, 3.63) is 0 Å². The number of nitrogens with one attached hydrogen (secondary N) is 2. The van der Waals surface area contributed by atoms with E-state index >= 15 is 0 Å². The Morgan fingerprint density at radius 2 is 1.90 bits per heavy atom. The Morgan fingerprint density at radius 1 is 1.25 bits per heavy atom. The van der Waals surface area contributed by atoms with Crippen molar-refractivity contribution in [2.75, 3.05) is 6.54 Å². The summed E-state index contributed by atoms with van der Waals surface area (Å²) in [6.07, 6.45) is 5.93. The molecular weight excluding hydrogens is 256 g/mol. The van der Waals surface area contributed by atoms with E-state index in [0.29, 0.717) is 24.7 Å². The molecule has 2 aliphatic carbocycles. The van der Waals surface area contributed by atoms with Crippen LogP contribution in [0.15, 0.2) is 0 Å². The lowest BCUT2D eigenvalue weighted by Gasteiger charge is -2.34. The third kappa shape index (κ3) is 3.44. The van der Waals surface area contributed by atoms with Crippen LogP contribution in [0.25, 0.3) is 0 Å². The standard InChI is InChI=1S/C15H26N2O3/c1-10(2)11-5-3-4-6-12(11)17-14(20)16-9-15(7-8-15)13(18)19/h10-12H,3-9H2,1-2H3,(H,18,19)(H2,16,17,20). The van der Waals surface area contributed by atoms with Crippen molar-refractivity contribution >= 4 is 12.0 Å². The van der Waals surface area contributed by atoms with Gasteiger partial charge in [0.05, 0.1) is 5.41 Å². The van der Waals surface area contributed by atoms with Gasteiger partial charge in [0.1, 0.15) is 0 Å². The molecule has 0 spiro atoms. The van der Waals surface area contributed by atoms with Gasteiger partial charge in [0.2, 0.25) is 0 Å². The van der Waals surface area contributed by atoms with E-state index in [0.717, 1.165) is 12.8 Å². The Labute approximate surface area is 120 Å². The lowest BCUT2D eigenvalue weighted by Crippen LogP contribution is -2.49. The third-order valence-corrected chi connectivity index (χ3v) is 4.89. The molecule has 5 heteroatoms. The first-order valence-corrected chi connectivity index (χ1v) is 7.72. The molecule has 0 heterocycles. The molecular formula is C15H26N2O3. The average molecular weight is 282 g/mol. The monoisotopic (exact) mass is 282 g/mol. The van der Waals surface area contributed by atoms with E-state index in [4.69, 9.17) is 5.11 Å². The summed E-state index contributed by atoms with van der Waals surface area (Å²) in [4.78, 5) is 23.0. The minimum atomic E-state index is -0.796. The zero-order valence-corrected chi connectivity index (χ0v) is 12.4. The van der Waals surface area contributed by atoms with E-state index in [2.05, 4.69) is 24.5 Å². The molecule has 2 rings (SSSR count). The van der Waals surface area contributed by atoms with Gasteiger partial charge in [-0.2, -0.15) is 0 Å². The fraction of sp³-hybridized carbons (Fsp3) is 0.867. The first kappa shape index (κ1) is 15.1. The molecule has 0 saturated heterocycles. The lowest BCUT2D eigenvalue weighted by atomic mass is 9.78. The topological polar surface area (TPSA) is 78.4 Å². The summed E-state index contributed by atoms with van der Waals surface area (Å²) in [6.45, 7) is 4.64. The van der Waals surface area contributed by atoms with Crippen LogP contribution in [0.5, 0.6) is 0 Å².